The van der Waals surface area contributed by atoms with E-state index in [1.165, 1.54) is 0 Å². The molecule has 0 aliphatic heterocycles. The maximum Gasteiger partial charge on any atom is 0.317 e. The van der Waals surface area contributed by atoms with Crippen molar-refractivity contribution in [2.24, 2.45) is 0 Å². The molecule has 0 radical (unpaired) electrons. The molecule has 6 heteroatoms. The third-order valence-electron chi connectivity index (χ3n) is 4.23. The Morgan fingerprint density at radius 2 is 1.77 bits per heavy atom. The minimum atomic E-state index is -1.15. The summed E-state index contributed by atoms with van der Waals surface area (Å²) in [5.74, 6) is 0.424. The molecule has 0 fully saturated rings. The molecule has 0 aromatic heterocycles. The molecule has 2 amide bonds. The van der Waals surface area contributed by atoms with Crippen molar-refractivity contribution in [1.82, 2.24) is 15.1 Å². The Balaban J connectivity index is 2.01. The molecule has 0 saturated heterocycles. The van der Waals surface area contributed by atoms with E-state index in [9.17, 15) is 9.00 Å². The standard InChI is InChI=1S/C20H29N3O2S/c1-16(2)23(20(24)21-12-13-22(3)4)14-15-26(25)19-11-7-9-17-8-5-6-10-18(17)19/h5-11,16H,12-15H2,1-4H3,(H,21,24). The van der Waals surface area contributed by atoms with Gasteiger partial charge in [0, 0.05) is 36.3 Å². The van der Waals surface area contributed by atoms with Crippen LogP contribution in [-0.4, -0.2) is 65.6 Å². The van der Waals surface area contributed by atoms with Crippen LogP contribution in [-0.2, 0) is 10.8 Å². The van der Waals surface area contributed by atoms with Gasteiger partial charge in [0.05, 0.1) is 10.8 Å². The Kier molecular flexibility index (Phi) is 7.60. The van der Waals surface area contributed by atoms with Gasteiger partial charge in [-0.15, -0.1) is 0 Å². The minimum Gasteiger partial charge on any atom is -0.337 e. The average Bonchev–Trinajstić information content (AvgIpc) is 2.60. The molecule has 0 saturated carbocycles. The quantitative estimate of drug-likeness (QED) is 0.772. The molecule has 26 heavy (non-hydrogen) atoms. The minimum absolute atomic E-state index is 0.0545. The molecule has 1 unspecified atom stereocenters. The van der Waals surface area contributed by atoms with Crippen molar-refractivity contribution >= 4 is 27.6 Å². The number of amides is 2. The summed E-state index contributed by atoms with van der Waals surface area (Å²) in [6.45, 7) is 5.81. The summed E-state index contributed by atoms with van der Waals surface area (Å²) < 4.78 is 12.9. The number of nitrogens with zero attached hydrogens (tertiary/aromatic N) is 2. The van der Waals surface area contributed by atoms with Crippen LogP contribution < -0.4 is 5.32 Å². The van der Waals surface area contributed by atoms with Crippen molar-refractivity contribution in [3.63, 3.8) is 0 Å². The van der Waals surface area contributed by atoms with E-state index < -0.39 is 10.8 Å². The molecule has 2 rings (SSSR count). The largest absolute Gasteiger partial charge is 0.337 e. The SMILES string of the molecule is CC(C)N(CCS(=O)c1cccc2ccccc12)C(=O)NCCN(C)C. The van der Waals surface area contributed by atoms with Gasteiger partial charge in [0.1, 0.15) is 0 Å². The van der Waals surface area contributed by atoms with Gasteiger partial charge in [-0.25, -0.2) is 4.79 Å². The Labute approximate surface area is 158 Å². The topological polar surface area (TPSA) is 52.7 Å². The van der Waals surface area contributed by atoms with E-state index in [0.29, 0.717) is 18.8 Å². The summed E-state index contributed by atoms with van der Waals surface area (Å²) in [7, 11) is 2.79. The molecule has 0 bridgehead atoms. The first kappa shape index (κ1) is 20.4. The number of hydrogen-bond donors (Lipinski definition) is 1. The van der Waals surface area contributed by atoms with E-state index in [4.69, 9.17) is 0 Å². The third kappa shape index (κ3) is 5.54. The van der Waals surface area contributed by atoms with Crippen LogP contribution >= 0.6 is 0 Å². The predicted molar refractivity (Wildman–Crippen MR) is 109 cm³/mol. The molecule has 1 N–H and O–H groups in total. The summed E-state index contributed by atoms with van der Waals surface area (Å²) in [5, 5.41) is 5.03. The number of benzene rings is 2. The molecule has 0 spiro atoms. The monoisotopic (exact) mass is 375 g/mol. The van der Waals surface area contributed by atoms with Gasteiger partial charge in [0.2, 0.25) is 0 Å². The lowest BCUT2D eigenvalue weighted by molar-refractivity contribution is 0.186. The fourth-order valence-corrected chi connectivity index (χ4v) is 4.01. The van der Waals surface area contributed by atoms with E-state index in [1.807, 2.05) is 75.3 Å². The van der Waals surface area contributed by atoms with E-state index in [1.54, 1.807) is 4.90 Å². The summed E-state index contributed by atoms with van der Waals surface area (Å²) in [4.78, 5) is 17.0. The predicted octanol–water partition coefficient (Wildman–Crippen LogP) is 2.93. The summed E-state index contributed by atoms with van der Waals surface area (Å²) in [6.07, 6.45) is 0. The molecule has 5 nitrogen and oxygen atoms in total. The Morgan fingerprint density at radius 1 is 1.08 bits per heavy atom. The number of carbonyl (C=O) groups excluding carboxylic acids is 1. The van der Waals surface area contributed by atoms with Crippen molar-refractivity contribution in [3.8, 4) is 0 Å². The zero-order valence-corrected chi connectivity index (χ0v) is 16.9. The van der Waals surface area contributed by atoms with Crippen LogP contribution in [0.15, 0.2) is 47.4 Å². The van der Waals surface area contributed by atoms with Gasteiger partial charge >= 0.3 is 6.03 Å². The Hall–Kier alpha value is -1.92. The fourth-order valence-electron chi connectivity index (χ4n) is 2.77. The number of hydrogen-bond acceptors (Lipinski definition) is 3. The number of urea groups is 1. The molecular weight excluding hydrogens is 346 g/mol. The van der Waals surface area contributed by atoms with Gasteiger partial charge < -0.3 is 15.1 Å². The van der Waals surface area contributed by atoms with Crippen molar-refractivity contribution in [1.29, 1.82) is 0 Å². The van der Waals surface area contributed by atoms with E-state index in [-0.39, 0.29) is 12.1 Å². The molecule has 142 valence electrons. The first-order valence-corrected chi connectivity index (χ1v) is 10.3. The lowest BCUT2D eigenvalue weighted by Gasteiger charge is -2.27. The second-order valence-electron chi connectivity index (χ2n) is 6.85. The average molecular weight is 376 g/mol. The maximum absolute atomic E-state index is 12.9. The summed E-state index contributed by atoms with van der Waals surface area (Å²) in [6, 6.07) is 13.8. The molecule has 0 aliphatic rings. The zero-order valence-electron chi connectivity index (χ0n) is 16.1. The van der Waals surface area contributed by atoms with Crippen molar-refractivity contribution in [2.75, 3.05) is 39.5 Å². The molecule has 0 aliphatic carbocycles. The van der Waals surface area contributed by atoms with Crippen LogP contribution in [0.3, 0.4) is 0 Å². The number of rotatable bonds is 8. The lowest BCUT2D eigenvalue weighted by Crippen LogP contribution is -2.47. The van der Waals surface area contributed by atoms with Gasteiger partial charge in [0.15, 0.2) is 0 Å². The molecular formula is C20H29N3O2S. The first-order valence-electron chi connectivity index (χ1n) is 8.95. The van der Waals surface area contributed by atoms with Crippen LogP contribution in [0.4, 0.5) is 4.79 Å². The first-order chi connectivity index (χ1) is 12.4. The fraction of sp³-hybridized carbons (Fsp3) is 0.450. The van der Waals surface area contributed by atoms with E-state index in [2.05, 4.69) is 5.32 Å². The summed E-state index contributed by atoms with van der Waals surface area (Å²) in [5.41, 5.74) is 0. The van der Waals surface area contributed by atoms with Gasteiger partial charge in [-0.3, -0.25) is 4.21 Å². The highest BCUT2D eigenvalue weighted by atomic mass is 32.2. The zero-order chi connectivity index (χ0) is 19.1. The number of fused-ring (bicyclic) bond motifs is 1. The van der Waals surface area contributed by atoms with Crippen molar-refractivity contribution in [2.45, 2.75) is 24.8 Å². The van der Waals surface area contributed by atoms with Crippen LogP contribution in [0.25, 0.3) is 10.8 Å². The number of nitrogens with one attached hydrogen (secondary N) is 1. The van der Waals surface area contributed by atoms with Crippen LogP contribution in [0.2, 0.25) is 0 Å². The second-order valence-corrected chi connectivity index (χ2v) is 8.39. The second kappa shape index (κ2) is 9.69. The maximum atomic E-state index is 12.9. The molecule has 0 heterocycles. The van der Waals surface area contributed by atoms with Gasteiger partial charge in [-0.2, -0.15) is 0 Å². The van der Waals surface area contributed by atoms with Gasteiger partial charge in [-0.05, 0) is 44.8 Å². The highest BCUT2D eigenvalue weighted by Gasteiger charge is 2.18. The highest BCUT2D eigenvalue weighted by molar-refractivity contribution is 7.85. The van der Waals surface area contributed by atoms with E-state index >= 15 is 0 Å². The Bertz CT molecular complexity index is 756. The van der Waals surface area contributed by atoms with Gasteiger partial charge in [0.25, 0.3) is 0 Å². The Morgan fingerprint density at radius 3 is 2.46 bits per heavy atom. The lowest BCUT2D eigenvalue weighted by atomic mass is 10.1. The van der Waals surface area contributed by atoms with Crippen LogP contribution in [0.1, 0.15) is 13.8 Å². The molecule has 2 aromatic carbocycles. The summed E-state index contributed by atoms with van der Waals surface area (Å²) >= 11 is 0. The number of carbonyl (C=O) groups is 1. The van der Waals surface area contributed by atoms with Crippen molar-refractivity contribution < 1.29 is 9.00 Å². The van der Waals surface area contributed by atoms with Crippen LogP contribution in [0, 0.1) is 0 Å². The van der Waals surface area contributed by atoms with Crippen molar-refractivity contribution in [3.05, 3.63) is 42.5 Å². The van der Waals surface area contributed by atoms with E-state index in [0.717, 1.165) is 22.2 Å². The number of likely N-dealkylation sites (N-methyl/N-ethyl adjacent to an activating group) is 1. The third-order valence-corrected chi connectivity index (χ3v) is 5.63. The van der Waals surface area contributed by atoms with Crippen LogP contribution in [0.5, 0.6) is 0 Å². The normalized spacial score (nSPS) is 12.5. The van der Waals surface area contributed by atoms with Gasteiger partial charge in [-0.1, -0.05) is 36.4 Å². The smallest absolute Gasteiger partial charge is 0.317 e. The molecule has 1 atom stereocenters. The highest BCUT2D eigenvalue weighted by Crippen LogP contribution is 2.21. The molecule has 2 aromatic rings.